The molecule has 0 atom stereocenters. The second kappa shape index (κ2) is 6.10. The van der Waals surface area contributed by atoms with E-state index < -0.39 is 0 Å². The number of anilines is 1. The number of thioether (sulfide) groups is 1. The number of hydrogen-bond acceptors (Lipinski definition) is 4. The molecule has 1 N–H and O–H groups in total. The Morgan fingerprint density at radius 1 is 1.39 bits per heavy atom. The van der Waals surface area contributed by atoms with Crippen LogP contribution in [0.5, 0.6) is 0 Å². The Morgan fingerprint density at radius 3 is 2.83 bits per heavy atom. The molecule has 1 aliphatic rings. The smallest absolute Gasteiger partial charge is 0.142 e. The SMILES string of the molecule is CSC1(CNc2cccc(C#N)n2)CCCCC1. The first-order valence-corrected chi connectivity index (χ1v) is 7.67. The third-order valence-corrected chi connectivity index (χ3v) is 5.07. The van der Waals surface area contributed by atoms with Crippen LogP contribution in [0, 0.1) is 11.3 Å². The van der Waals surface area contributed by atoms with Gasteiger partial charge in [0.2, 0.25) is 0 Å². The lowest BCUT2D eigenvalue weighted by Gasteiger charge is -2.36. The number of nitrogens with one attached hydrogen (secondary N) is 1. The first-order chi connectivity index (χ1) is 8.78. The van der Waals surface area contributed by atoms with E-state index in [9.17, 15) is 0 Å². The molecule has 0 spiro atoms. The summed E-state index contributed by atoms with van der Waals surface area (Å²) >= 11 is 1.97. The Balaban J connectivity index is 1.99. The molecule has 0 aromatic carbocycles. The lowest BCUT2D eigenvalue weighted by Crippen LogP contribution is -2.35. The molecule has 4 heteroatoms. The predicted octanol–water partition coefficient (Wildman–Crippen LogP) is 3.43. The summed E-state index contributed by atoms with van der Waals surface area (Å²) in [5, 5.41) is 12.2. The molecule has 1 heterocycles. The largest absolute Gasteiger partial charge is 0.369 e. The summed E-state index contributed by atoms with van der Waals surface area (Å²) < 4.78 is 0.350. The van der Waals surface area contributed by atoms with Crippen LogP contribution in [0.15, 0.2) is 18.2 Å². The van der Waals surface area contributed by atoms with Crippen molar-refractivity contribution < 1.29 is 0 Å². The molecule has 1 aromatic heterocycles. The lowest BCUT2D eigenvalue weighted by atomic mass is 9.88. The molecule has 1 aliphatic carbocycles. The third-order valence-electron chi connectivity index (χ3n) is 3.65. The maximum Gasteiger partial charge on any atom is 0.142 e. The van der Waals surface area contributed by atoms with Crippen LogP contribution in [0.4, 0.5) is 5.82 Å². The van der Waals surface area contributed by atoms with Crippen LogP contribution in [-0.2, 0) is 0 Å². The quantitative estimate of drug-likeness (QED) is 0.902. The standard InChI is InChI=1S/C14H19N3S/c1-18-14(8-3-2-4-9-14)11-16-13-7-5-6-12(10-15)17-13/h5-7H,2-4,8-9,11H2,1H3,(H,16,17). The zero-order chi connectivity index (χ0) is 12.8. The van der Waals surface area contributed by atoms with E-state index in [-0.39, 0.29) is 0 Å². The maximum absolute atomic E-state index is 8.83. The molecular formula is C14H19N3S. The Labute approximate surface area is 113 Å². The molecule has 96 valence electrons. The molecule has 0 amide bonds. The van der Waals surface area contributed by atoms with Crippen molar-refractivity contribution >= 4 is 17.6 Å². The van der Waals surface area contributed by atoms with Crippen LogP contribution in [0.25, 0.3) is 0 Å². The number of aromatic nitrogens is 1. The molecule has 2 rings (SSSR count). The minimum atomic E-state index is 0.350. The van der Waals surface area contributed by atoms with E-state index in [1.54, 1.807) is 6.07 Å². The number of hydrogen-bond donors (Lipinski definition) is 1. The maximum atomic E-state index is 8.83. The molecule has 18 heavy (non-hydrogen) atoms. The van der Waals surface area contributed by atoms with Gasteiger partial charge < -0.3 is 5.32 Å². The van der Waals surface area contributed by atoms with E-state index in [2.05, 4.69) is 22.6 Å². The summed E-state index contributed by atoms with van der Waals surface area (Å²) in [6.45, 7) is 0.941. The fraction of sp³-hybridized carbons (Fsp3) is 0.571. The van der Waals surface area contributed by atoms with Gasteiger partial charge in [-0.25, -0.2) is 4.98 Å². The fourth-order valence-corrected chi connectivity index (χ4v) is 3.41. The van der Waals surface area contributed by atoms with Crippen molar-refractivity contribution in [3.8, 4) is 6.07 Å². The van der Waals surface area contributed by atoms with Gasteiger partial charge in [-0.15, -0.1) is 0 Å². The van der Waals surface area contributed by atoms with Crippen molar-refractivity contribution in [1.29, 1.82) is 5.26 Å². The molecule has 1 aromatic rings. The van der Waals surface area contributed by atoms with Gasteiger partial charge in [0.1, 0.15) is 17.6 Å². The normalized spacial score (nSPS) is 18.0. The highest BCUT2D eigenvalue weighted by Gasteiger charge is 2.30. The van der Waals surface area contributed by atoms with E-state index in [0.717, 1.165) is 12.4 Å². The zero-order valence-electron chi connectivity index (χ0n) is 10.8. The zero-order valence-corrected chi connectivity index (χ0v) is 11.6. The summed E-state index contributed by atoms with van der Waals surface area (Å²) in [5.41, 5.74) is 0.474. The van der Waals surface area contributed by atoms with Crippen molar-refractivity contribution in [3.05, 3.63) is 23.9 Å². The molecular weight excluding hydrogens is 242 g/mol. The summed E-state index contributed by atoms with van der Waals surface area (Å²) in [6.07, 6.45) is 8.77. The summed E-state index contributed by atoms with van der Waals surface area (Å²) in [5.74, 6) is 0.813. The fourth-order valence-electron chi connectivity index (χ4n) is 2.50. The molecule has 1 saturated carbocycles. The molecule has 0 bridgehead atoms. The van der Waals surface area contributed by atoms with Crippen molar-refractivity contribution in [2.45, 2.75) is 36.9 Å². The molecule has 0 aliphatic heterocycles. The average molecular weight is 261 g/mol. The summed E-state index contributed by atoms with van der Waals surface area (Å²) in [6, 6.07) is 7.61. The molecule has 3 nitrogen and oxygen atoms in total. The van der Waals surface area contributed by atoms with E-state index in [1.165, 1.54) is 32.1 Å². The molecule has 0 radical (unpaired) electrons. The number of pyridine rings is 1. The van der Waals surface area contributed by atoms with Gasteiger partial charge in [0.15, 0.2) is 0 Å². The second-order valence-electron chi connectivity index (χ2n) is 4.82. The minimum absolute atomic E-state index is 0.350. The summed E-state index contributed by atoms with van der Waals surface area (Å²) in [7, 11) is 0. The first kappa shape index (κ1) is 13.2. The highest BCUT2D eigenvalue weighted by molar-refractivity contribution is 8.00. The Kier molecular flexibility index (Phi) is 4.48. The Bertz CT molecular complexity index is 433. The van der Waals surface area contributed by atoms with Crippen LogP contribution in [0.2, 0.25) is 0 Å². The van der Waals surface area contributed by atoms with E-state index in [0.29, 0.717) is 10.4 Å². The molecule has 1 fully saturated rings. The van der Waals surface area contributed by atoms with Gasteiger partial charge in [0.25, 0.3) is 0 Å². The van der Waals surface area contributed by atoms with Crippen molar-refractivity contribution in [3.63, 3.8) is 0 Å². The summed E-state index contributed by atoms with van der Waals surface area (Å²) in [4.78, 5) is 4.26. The third kappa shape index (κ3) is 3.17. The van der Waals surface area contributed by atoms with Crippen molar-refractivity contribution in [2.75, 3.05) is 18.1 Å². The average Bonchev–Trinajstić information content (AvgIpc) is 2.46. The van der Waals surface area contributed by atoms with E-state index in [1.807, 2.05) is 23.9 Å². The Morgan fingerprint density at radius 2 is 2.17 bits per heavy atom. The van der Waals surface area contributed by atoms with Crippen LogP contribution in [0.3, 0.4) is 0 Å². The minimum Gasteiger partial charge on any atom is -0.369 e. The van der Waals surface area contributed by atoms with Gasteiger partial charge in [-0.2, -0.15) is 17.0 Å². The number of nitrogens with zero attached hydrogens (tertiary/aromatic N) is 2. The molecule has 0 saturated heterocycles. The van der Waals surface area contributed by atoms with Gasteiger partial charge in [-0.05, 0) is 31.2 Å². The van der Waals surface area contributed by atoms with Crippen LogP contribution in [-0.4, -0.2) is 22.5 Å². The highest BCUT2D eigenvalue weighted by Crippen LogP contribution is 2.38. The first-order valence-electron chi connectivity index (χ1n) is 6.44. The van der Waals surface area contributed by atoms with Crippen molar-refractivity contribution in [1.82, 2.24) is 4.98 Å². The van der Waals surface area contributed by atoms with Crippen LogP contribution in [0.1, 0.15) is 37.8 Å². The van der Waals surface area contributed by atoms with E-state index in [4.69, 9.17) is 5.26 Å². The second-order valence-corrected chi connectivity index (χ2v) is 6.10. The lowest BCUT2D eigenvalue weighted by molar-refractivity contribution is 0.411. The topological polar surface area (TPSA) is 48.7 Å². The van der Waals surface area contributed by atoms with Gasteiger partial charge in [-0.3, -0.25) is 0 Å². The molecule has 0 unspecified atom stereocenters. The monoisotopic (exact) mass is 261 g/mol. The number of nitriles is 1. The van der Waals surface area contributed by atoms with Gasteiger partial charge in [0, 0.05) is 11.3 Å². The predicted molar refractivity (Wildman–Crippen MR) is 76.8 cm³/mol. The van der Waals surface area contributed by atoms with Crippen molar-refractivity contribution in [2.24, 2.45) is 0 Å². The van der Waals surface area contributed by atoms with Crippen LogP contribution < -0.4 is 5.32 Å². The van der Waals surface area contributed by atoms with Crippen LogP contribution >= 0.6 is 11.8 Å². The van der Waals surface area contributed by atoms with E-state index >= 15 is 0 Å². The van der Waals surface area contributed by atoms with Gasteiger partial charge >= 0.3 is 0 Å². The number of rotatable bonds is 4. The van der Waals surface area contributed by atoms with Gasteiger partial charge in [-0.1, -0.05) is 25.3 Å². The Hall–Kier alpha value is -1.21. The highest BCUT2D eigenvalue weighted by atomic mass is 32.2. The van der Waals surface area contributed by atoms with Gasteiger partial charge in [0.05, 0.1) is 0 Å².